The highest BCUT2D eigenvalue weighted by Crippen LogP contribution is 2.44. The first-order chi connectivity index (χ1) is 13.3. The predicted molar refractivity (Wildman–Crippen MR) is 112 cm³/mol. The first-order valence-corrected chi connectivity index (χ1v) is 10.4. The zero-order chi connectivity index (χ0) is 20.3. The van der Waals surface area contributed by atoms with Crippen LogP contribution in [0.1, 0.15) is 43.0 Å². The van der Waals surface area contributed by atoms with Crippen molar-refractivity contribution in [2.75, 3.05) is 51.7 Å². The summed E-state index contributed by atoms with van der Waals surface area (Å²) in [5.74, 6) is 0.561. The van der Waals surface area contributed by atoms with E-state index in [9.17, 15) is 9.59 Å². The van der Waals surface area contributed by atoms with Gasteiger partial charge in [0.05, 0.1) is 6.54 Å². The highest BCUT2D eigenvalue weighted by Gasteiger charge is 2.39. The average molecular weight is 387 g/mol. The molecule has 2 aliphatic heterocycles. The minimum atomic E-state index is -0.381. The van der Waals surface area contributed by atoms with Crippen LogP contribution in [-0.2, 0) is 4.79 Å². The van der Waals surface area contributed by atoms with E-state index in [4.69, 9.17) is 5.73 Å². The molecule has 1 aromatic rings. The Morgan fingerprint density at radius 1 is 1.07 bits per heavy atom. The van der Waals surface area contributed by atoms with Gasteiger partial charge in [-0.15, -0.1) is 0 Å². The molecule has 0 aromatic heterocycles. The number of likely N-dealkylation sites (tertiary alicyclic amines) is 1. The second-order valence-corrected chi connectivity index (χ2v) is 8.95. The van der Waals surface area contributed by atoms with Crippen molar-refractivity contribution in [1.29, 1.82) is 0 Å². The quantitative estimate of drug-likeness (QED) is 0.842. The summed E-state index contributed by atoms with van der Waals surface area (Å²) in [6, 6.07) is 7.62. The van der Waals surface area contributed by atoms with Gasteiger partial charge in [0.2, 0.25) is 11.8 Å². The number of likely N-dealkylation sites (N-methyl/N-ethyl adjacent to an activating group) is 1. The number of rotatable bonds is 5. The van der Waals surface area contributed by atoms with Crippen LogP contribution in [0.4, 0.5) is 5.69 Å². The van der Waals surface area contributed by atoms with E-state index in [0.717, 1.165) is 44.7 Å². The normalized spacial score (nSPS) is 20.4. The fourth-order valence-electron chi connectivity index (χ4n) is 4.72. The zero-order valence-corrected chi connectivity index (χ0v) is 17.5. The van der Waals surface area contributed by atoms with Crippen molar-refractivity contribution in [1.82, 2.24) is 9.80 Å². The van der Waals surface area contributed by atoms with Crippen LogP contribution in [0.25, 0.3) is 0 Å². The van der Waals surface area contributed by atoms with Crippen molar-refractivity contribution in [2.45, 2.75) is 32.6 Å². The fourth-order valence-corrected chi connectivity index (χ4v) is 4.72. The lowest BCUT2D eigenvalue weighted by molar-refractivity contribution is -0.134. The topological polar surface area (TPSA) is 69.9 Å². The molecule has 2 fully saturated rings. The van der Waals surface area contributed by atoms with Gasteiger partial charge < -0.3 is 20.4 Å². The monoisotopic (exact) mass is 386 g/mol. The van der Waals surface area contributed by atoms with Crippen LogP contribution >= 0.6 is 0 Å². The van der Waals surface area contributed by atoms with Crippen molar-refractivity contribution < 1.29 is 9.59 Å². The molecule has 0 radical (unpaired) electrons. The van der Waals surface area contributed by atoms with Crippen LogP contribution in [0, 0.1) is 11.3 Å². The number of piperidine rings is 2. The number of benzene rings is 1. The maximum atomic E-state index is 12.3. The Hall–Kier alpha value is -2.08. The van der Waals surface area contributed by atoms with E-state index in [1.165, 1.54) is 12.8 Å². The molecule has 0 aliphatic carbocycles. The number of anilines is 1. The van der Waals surface area contributed by atoms with Gasteiger partial charge in [-0.1, -0.05) is 6.92 Å². The van der Waals surface area contributed by atoms with E-state index < -0.39 is 0 Å². The van der Waals surface area contributed by atoms with Gasteiger partial charge in [-0.3, -0.25) is 9.59 Å². The lowest BCUT2D eigenvalue weighted by Crippen LogP contribution is -2.48. The molecule has 0 bridgehead atoms. The SMILES string of the molecule is CN(C)CC(=O)N1CCC(C2(C)CCN(c3ccc(C(N)=O)cc3)CC2)CC1. The van der Waals surface area contributed by atoms with Gasteiger partial charge in [-0.25, -0.2) is 0 Å². The third-order valence-electron chi connectivity index (χ3n) is 6.71. The number of hydrogen-bond donors (Lipinski definition) is 1. The van der Waals surface area contributed by atoms with Crippen molar-refractivity contribution in [2.24, 2.45) is 17.1 Å². The predicted octanol–water partition coefficient (Wildman–Crippen LogP) is 2.19. The molecule has 2 heterocycles. The summed E-state index contributed by atoms with van der Waals surface area (Å²) in [5.41, 5.74) is 7.40. The molecule has 2 N–H and O–H groups in total. The number of nitrogens with zero attached hydrogens (tertiary/aromatic N) is 3. The zero-order valence-electron chi connectivity index (χ0n) is 17.5. The number of nitrogens with two attached hydrogens (primary N) is 1. The summed E-state index contributed by atoms with van der Waals surface area (Å²) in [6.45, 7) is 6.79. The highest BCUT2D eigenvalue weighted by atomic mass is 16.2. The van der Waals surface area contributed by atoms with Gasteiger partial charge in [0, 0.05) is 37.4 Å². The standard InChI is InChI=1S/C22H34N4O2/c1-22(18-8-12-26(13-9-18)20(27)16-24(2)3)10-14-25(15-11-22)19-6-4-17(5-7-19)21(23)28/h4-7,18H,8-16H2,1-3H3,(H2,23,28). The fraction of sp³-hybridized carbons (Fsp3) is 0.636. The van der Waals surface area contributed by atoms with E-state index >= 15 is 0 Å². The summed E-state index contributed by atoms with van der Waals surface area (Å²) in [6.07, 6.45) is 4.56. The maximum absolute atomic E-state index is 12.3. The van der Waals surface area contributed by atoms with Gasteiger partial charge in [-0.05, 0) is 75.4 Å². The lowest BCUT2D eigenvalue weighted by Gasteiger charge is -2.48. The van der Waals surface area contributed by atoms with Crippen LogP contribution < -0.4 is 10.6 Å². The van der Waals surface area contributed by atoms with Crippen LogP contribution in [0.15, 0.2) is 24.3 Å². The van der Waals surface area contributed by atoms with Crippen molar-refractivity contribution in [3.8, 4) is 0 Å². The Morgan fingerprint density at radius 2 is 1.64 bits per heavy atom. The minimum Gasteiger partial charge on any atom is -0.371 e. The Balaban J connectivity index is 1.52. The summed E-state index contributed by atoms with van der Waals surface area (Å²) in [4.78, 5) is 29.9. The number of primary amides is 1. The molecule has 0 spiro atoms. The Bertz CT molecular complexity index is 685. The third kappa shape index (κ3) is 4.66. The molecular formula is C22H34N4O2. The molecule has 3 rings (SSSR count). The molecule has 6 heteroatoms. The summed E-state index contributed by atoms with van der Waals surface area (Å²) >= 11 is 0. The average Bonchev–Trinajstić information content (AvgIpc) is 2.68. The van der Waals surface area contributed by atoms with Crippen LogP contribution in [-0.4, -0.2) is 68.4 Å². The first-order valence-electron chi connectivity index (χ1n) is 10.4. The Morgan fingerprint density at radius 3 is 2.14 bits per heavy atom. The second-order valence-electron chi connectivity index (χ2n) is 8.95. The summed E-state index contributed by atoms with van der Waals surface area (Å²) in [7, 11) is 3.89. The van der Waals surface area contributed by atoms with Gasteiger partial charge in [0.15, 0.2) is 0 Å². The third-order valence-corrected chi connectivity index (χ3v) is 6.71. The smallest absolute Gasteiger partial charge is 0.248 e. The van der Waals surface area contributed by atoms with Gasteiger partial charge in [-0.2, -0.15) is 0 Å². The number of hydrogen-bond acceptors (Lipinski definition) is 4. The van der Waals surface area contributed by atoms with E-state index in [0.29, 0.717) is 23.4 Å². The van der Waals surface area contributed by atoms with Crippen molar-refractivity contribution in [3.63, 3.8) is 0 Å². The minimum absolute atomic E-state index is 0.253. The largest absolute Gasteiger partial charge is 0.371 e. The molecule has 2 amide bonds. The van der Waals surface area contributed by atoms with E-state index in [1.54, 1.807) is 0 Å². The van der Waals surface area contributed by atoms with E-state index in [1.807, 2.05) is 48.2 Å². The second kappa shape index (κ2) is 8.52. The molecule has 6 nitrogen and oxygen atoms in total. The number of carbonyl (C=O) groups is 2. The van der Waals surface area contributed by atoms with Crippen LogP contribution in [0.2, 0.25) is 0 Å². The molecule has 2 saturated heterocycles. The van der Waals surface area contributed by atoms with Crippen LogP contribution in [0.5, 0.6) is 0 Å². The molecule has 28 heavy (non-hydrogen) atoms. The summed E-state index contributed by atoms with van der Waals surface area (Å²) < 4.78 is 0. The molecule has 154 valence electrons. The molecule has 0 unspecified atom stereocenters. The Labute approximate surface area is 168 Å². The number of amides is 2. The molecular weight excluding hydrogens is 352 g/mol. The molecule has 2 aliphatic rings. The Kier molecular flexibility index (Phi) is 6.28. The molecule has 0 saturated carbocycles. The van der Waals surface area contributed by atoms with Gasteiger partial charge in [0.25, 0.3) is 0 Å². The maximum Gasteiger partial charge on any atom is 0.248 e. The molecule has 1 aromatic carbocycles. The number of carbonyl (C=O) groups excluding carboxylic acids is 2. The van der Waals surface area contributed by atoms with Crippen LogP contribution in [0.3, 0.4) is 0 Å². The van der Waals surface area contributed by atoms with Gasteiger partial charge >= 0.3 is 0 Å². The first kappa shape index (κ1) is 20.6. The van der Waals surface area contributed by atoms with E-state index in [2.05, 4.69) is 11.8 Å². The highest BCUT2D eigenvalue weighted by molar-refractivity contribution is 5.93. The van der Waals surface area contributed by atoms with Crippen molar-refractivity contribution in [3.05, 3.63) is 29.8 Å². The van der Waals surface area contributed by atoms with Gasteiger partial charge in [0.1, 0.15) is 0 Å². The van der Waals surface area contributed by atoms with E-state index in [-0.39, 0.29) is 11.8 Å². The van der Waals surface area contributed by atoms with Crippen molar-refractivity contribution >= 4 is 17.5 Å². The lowest BCUT2D eigenvalue weighted by atomic mass is 9.66. The summed E-state index contributed by atoms with van der Waals surface area (Å²) in [5, 5.41) is 0. The molecule has 0 atom stereocenters.